The molecule has 1 N–H and O–H groups in total. The van der Waals surface area contributed by atoms with E-state index in [9.17, 15) is 14.4 Å². The van der Waals surface area contributed by atoms with Crippen molar-refractivity contribution in [1.82, 2.24) is 25.1 Å². The Morgan fingerprint density at radius 3 is 2.47 bits per heavy atom. The van der Waals surface area contributed by atoms with E-state index < -0.39 is 18.2 Å². The normalized spacial score (nSPS) is 18.2. The van der Waals surface area contributed by atoms with Gasteiger partial charge in [0.2, 0.25) is 11.8 Å². The third-order valence-electron chi connectivity index (χ3n) is 8.29. The molecule has 0 unspecified atom stereocenters. The van der Waals surface area contributed by atoms with Crippen molar-refractivity contribution in [2.75, 3.05) is 19.6 Å². The van der Waals surface area contributed by atoms with Crippen LogP contribution in [0.15, 0.2) is 91.0 Å². The summed E-state index contributed by atoms with van der Waals surface area (Å²) >= 11 is 12.2. The molecule has 8 nitrogen and oxygen atoms in total. The number of halogens is 2. The minimum absolute atomic E-state index is 0.0640. The van der Waals surface area contributed by atoms with Gasteiger partial charge in [0.15, 0.2) is 0 Å². The number of nitrogens with zero attached hydrogens (tertiary/aromatic N) is 4. The summed E-state index contributed by atoms with van der Waals surface area (Å²) < 4.78 is 0. The zero-order chi connectivity index (χ0) is 31.5. The van der Waals surface area contributed by atoms with Gasteiger partial charge < -0.3 is 15.1 Å². The fourth-order valence-electron chi connectivity index (χ4n) is 6.15. The Hall–Kier alpha value is -4.55. The maximum Gasteiger partial charge on any atom is 0.333 e. The molecule has 2 aliphatic rings. The smallest absolute Gasteiger partial charge is 0.333 e. The average Bonchev–Trinajstić information content (AvgIpc) is 3.37. The first kappa shape index (κ1) is 30.5. The number of carbonyl (C=O) groups excluding carboxylic acids is 3. The maximum absolute atomic E-state index is 14.2. The molecule has 0 radical (unpaired) electrons. The molecule has 4 amide bonds. The Kier molecular flexibility index (Phi) is 8.95. The summed E-state index contributed by atoms with van der Waals surface area (Å²) in [6.45, 7) is 0.588. The summed E-state index contributed by atoms with van der Waals surface area (Å²) in [7, 11) is 0. The standard InChI is InChI=1S/C35H31Cl2N5O3/c1-2-17-40(35(45)38-20-25-15-16-29(36)30(37)18-25)41-23-33(43)42-31(19-24-9-4-3-5-10-24)34(44)39(22-32(41)42)21-27-13-8-12-26-11-6-7-14-28(26)27/h1,3-16,18,31-32H,17,19-23H2,(H,38,45)/t31-,32+/m0/s1. The van der Waals surface area contributed by atoms with Gasteiger partial charge in [-0.05, 0) is 39.6 Å². The topological polar surface area (TPSA) is 76.2 Å². The van der Waals surface area contributed by atoms with Crippen molar-refractivity contribution < 1.29 is 14.4 Å². The molecule has 228 valence electrons. The molecule has 2 saturated heterocycles. The Morgan fingerprint density at radius 1 is 0.933 bits per heavy atom. The summed E-state index contributed by atoms with van der Waals surface area (Å²) in [6, 6.07) is 27.7. The second-order valence-corrected chi connectivity index (χ2v) is 11.9. The summed E-state index contributed by atoms with van der Waals surface area (Å²) in [4.78, 5) is 44.9. The van der Waals surface area contributed by atoms with Crippen LogP contribution in [0.4, 0.5) is 4.79 Å². The lowest BCUT2D eigenvalue weighted by molar-refractivity contribution is -0.157. The number of hydrogen-bond acceptors (Lipinski definition) is 4. The van der Waals surface area contributed by atoms with Crippen LogP contribution in [0.25, 0.3) is 10.8 Å². The first-order chi connectivity index (χ1) is 21.8. The van der Waals surface area contributed by atoms with Crippen LogP contribution in [0, 0.1) is 12.3 Å². The highest BCUT2D eigenvalue weighted by molar-refractivity contribution is 6.42. The number of benzene rings is 4. The highest BCUT2D eigenvalue weighted by Crippen LogP contribution is 2.31. The molecule has 0 aromatic heterocycles. The molecule has 2 atom stereocenters. The van der Waals surface area contributed by atoms with Crippen LogP contribution in [0.3, 0.4) is 0 Å². The molecule has 10 heteroatoms. The summed E-state index contributed by atoms with van der Waals surface area (Å²) in [5.41, 5.74) is 2.70. The Bertz CT molecular complexity index is 1790. The van der Waals surface area contributed by atoms with Crippen molar-refractivity contribution in [2.45, 2.75) is 31.7 Å². The lowest BCUT2D eigenvalue weighted by Crippen LogP contribution is -2.66. The van der Waals surface area contributed by atoms with E-state index in [1.807, 2.05) is 72.8 Å². The number of terminal acetylenes is 1. The first-order valence-electron chi connectivity index (χ1n) is 14.6. The zero-order valence-corrected chi connectivity index (χ0v) is 25.9. The van der Waals surface area contributed by atoms with Crippen molar-refractivity contribution in [2.24, 2.45) is 0 Å². The van der Waals surface area contributed by atoms with Crippen molar-refractivity contribution in [3.63, 3.8) is 0 Å². The molecule has 0 saturated carbocycles. The quantitative estimate of drug-likeness (QED) is 0.265. The number of hydrogen-bond donors (Lipinski definition) is 1. The van der Waals surface area contributed by atoms with Crippen molar-refractivity contribution in [3.05, 3.63) is 118 Å². The second-order valence-electron chi connectivity index (χ2n) is 11.1. The molecule has 6 rings (SSSR count). The predicted octanol–water partition coefficient (Wildman–Crippen LogP) is 5.33. The summed E-state index contributed by atoms with van der Waals surface area (Å²) in [5, 5.41) is 8.90. The molecular formula is C35H31Cl2N5O3. The number of amides is 4. The maximum atomic E-state index is 14.2. The Morgan fingerprint density at radius 2 is 1.69 bits per heavy atom. The number of carbonyl (C=O) groups is 3. The highest BCUT2D eigenvalue weighted by atomic mass is 35.5. The van der Waals surface area contributed by atoms with E-state index >= 15 is 0 Å². The summed E-state index contributed by atoms with van der Waals surface area (Å²) in [5.74, 6) is 2.19. The number of hydrazine groups is 1. The van der Waals surface area contributed by atoms with Gasteiger partial charge in [0, 0.05) is 19.5 Å². The lowest BCUT2D eigenvalue weighted by atomic mass is 9.99. The lowest BCUT2D eigenvalue weighted by Gasteiger charge is -2.46. The molecular weight excluding hydrogens is 609 g/mol. The molecule has 2 aliphatic heterocycles. The van der Waals surface area contributed by atoms with Crippen LogP contribution < -0.4 is 5.32 Å². The van der Waals surface area contributed by atoms with Gasteiger partial charge in [-0.25, -0.2) is 9.80 Å². The van der Waals surface area contributed by atoms with Crippen LogP contribution in [-0.2, 0) is 29.1 Å². The summed E-state index contributed by atoms with van der Waals surface area (Å²) in [6.07, 6.45) is 5.47. The van der Waals surface area contributed by atoms with Gasteiger partial charge in [-0.3, -0.25) is 9.59 Å². The second kappa shape index (κ2) is 13.2. The number of fused-ring (bicyclic) bond motifs is 2. The molecule has 2 heterocycles. The van der Waals surface area contributed by atoms with E-state index in [-0.39, 0.29) is 38.0 Å². The van der Waals surface area contributed by atoms with E-state index in [2.05, 4.69) is 11.2 Å². The number of rotatable bonds is 8. The van der Waals surface area contributed by atoms with Gasteiger partial charge in [-0.2, -0.15) is 5.01 Å². The number of urea groups is 1. The van der Waals surface area contributed by atoms with Crippen LogP contribution in [0.5, 0.6) is 0 Å². The minimum Gasteiger partial charge on any atom is -0.333 e. The van der Waals surface area contributed by atoms with E-state index in [4.69, 9.17) is 29.6 Å². The van der Waals surface area contributed by atoms with Crippen LogP contribution in [0.1, 0.15) is 16.7 Å². The fourth-order valence-corrected chi connectivity index (χ4v) is 6.47. The van der Waals surface area contributed by atoms with Crippen LogP contribution in [-0.4, -0.2) is 69.5 Å². The van der Waals surface area contributed by atoms with E-state index in [1.165, 1.54) is 5.01 Å². The molecule has 45 heavy (non-hydrogen) atoms. The van der Waals surface area contributed by atoms with Gasteiger partial charge in [0.1, 0.15) is 12.2 Å². The third-order valence-corrected chi connectivity index (χ3v) is 9.03. The third kappa shape index (κ3) is 6.34. The molecule has 4 aromatic rings. The van der Waals surface area contributed by atoms with E-state index in [1.54, 1.807) is 33.0 Å². The predicted molar refractivity (Wildman–Crippen MR) is 175 cm³/mol. The largest absolute Gasteiger partial charge is 0.333 e. The first-order valence-corrected chi connectivity index (χ1v) is 15.4. The fraction of sp³-hybridized carbons (Fsp3) is 0.229. The van der Waals surface area contributed by atoms with Crippen LogP contribution >= 0.6 is 23.2 Å². The number of piperazine rings is 1. The van der Waals surface area contributed by atoms with Gasteiger partial charge >= 0.3 is 6.03 Å². The Balaban J connectivity index is 1.30. The average molecular weight is 641 g/mol. The van der Waals surface area contributed by atoms with Crippen molar-refractivity contribution >= 4 is 51.8 Å². The number of nitrogens with one attached hydrogen (secondary N) is 1. The van der Waals surface area contributed by atoms with Gasteiger partial charge in [-0.1, -0.05) is 108 Å². The highest BCUT2D eigenvalue weighted by Gasteiger charge is 2.52. The molecule has 0 aliphatic carbocycles. The minimum atomic E-state index is -0.745. The molecule has 0 spiro atoms. The van der Waals surface area contributed by atoms with Crippen molar-refractivity contribution in [1.29, 1.82) is 0 Å². The SMILES string of the molecule is C#CCN(C(=O)NCc1ccc(Cl)c(Cl)c1)N1CC(=O)N2[C@@H](Cc3ccccc3)C(=O)N(Cc3cccc4ccccc34)C[C@@H]21. The van der Waals surface area contributed by atoms with E-state index in [0.717, 1.165) is 27.5 Å². The monoisotopic (exact) mass is 639 g/mol. The van der Waals surface area contributed by atoms with Gasteiger partial charge in [0.25, 0.3) is 0 Å². The molecule has 2 fully saturated rings. The Labute approximate surface area is 272 Å². The zero-order valence-electron chi connectivity index (χ0n) is 24.4. The molecule has 4 aromatic carbocycles. The van der Waals surface area contributed by atoms with Gasteiger partial charge in [0.05, 0.1) is 29.7 Å². The van der Waals surface area contributed by atoms with Crippen LogP contribution in [0.2, 0.25) is 10.0 Å². The van der Waals surface area contributed by atoms with Gasteiger partial charge in [-0.15, -0.1) is 6.42 Å². The molecule has 0 bridgehead atoms. The van der Waals surface area contributed by atoms with E-state index in [0.29, 0.717) is 23.0 Å². The van der Waals surface area contributed by atoms with Crippen molar-refractivity contribution in [3.8, 4) is 12.3 Å².